The van der Waals surface area contributed by atoms with Crippen LogP contribution >= 0.6 is 0 Å². The Morgan fingerprint density at radius 3 is 2.36 bits per heavy atom. The number of ether oxygens (including phenoxy) is 1. The zero-order chi connectivity index (χ0) is 23.5. The minimum atomic E-state index is -0.499. The molecule has 33 heavy (non-hydrogen) atoms. The molecule has 7 heteroatoms. The van der Waals surface area contributed by atoms with E-state index in [0.717, 1.165) is 10.6 Å². The summed E-state index contributed by atoms with van der Waals surface area (Å²) in [7, 11) is 3.76. The maximum absolute atomic E-state index is 13.6. The molecule has 0 saturated carbocycles. The van der Waals surface area contributed by atoms with Gasteiger partial charge in [0, 0.05) is 19.8 Å². The van der Waals surface area contributed by atoms with Crippen molar-refractivity contribution in [3.63, 3.8) is 0 Å². The molecular formula is C26H24FN3O3. The summed E-state index contributed by atoms with van der Waals surface area (Å²) in [6, 6.07) is 19.9. The van der Waals surface area contributed by atoms with E-state index in [1.165, 1.54) is 24.3 Å². The van der Waals surface area contributed by atoms with Crippen LogP contribution in [-0.2, 0) is 9.59 Å². The van der Waals surface area contributed by atoms with Crippen LogP contribution in [-0.4, -0.2) is 32.5 Å². The second-order valence-electron chi connectivity index (χ2n) is 7.67. The maximum atomic E-state index is 13.6. The smallest absolute Gasteiger partial charge is 0.282 e. The Morgan fingerprint density at radius 2 is 1.67 bits per heavy atom. The van der Waals surface area contributed by atoms with Gasteiger partial charge in [-0.05, 0) is 55.0 Å². The summed E-state index contributed by atoms with van der Waals surface area (Å²) in [5, 5.41) is 3.11. The molecule has 0 spiro atoms. The summed E-state index contributed by atoms with van der Waals surface area (Å²) in [5.41, 5.74) is 2.57. The second-order valence-corrected chi connectivity index (χ2v) is 7.67. The lowest BCUT2D eigenvalue weighted by Crippen LogP contribution is -2.32. The number of benzene rings is 3. The van der Waals surface area contributed by atoms with E-state index in [0.29, 0.717) is 29.3 Å². The van der Waals surface area contributed by atoms with E-state index in [1.807, 2.05) is 44.1 Å². The van der Waals surface area contributed by atoms with Crippen molar-refractivity contribution in [1.82, 2.24) is 0 Å². The molecule has 168 valence electrons. The van der Waals surface area contributed by atoms with Gasteiger partial charge in [-0.3, -0.25) is 9.59 Å². The van der Waals surface area contributed by atoms with Gasteiger partial charge in [0.05, 0.1) is 23.6 Å². The normalized spacial score (nSPS) is 13.5. The highest BCUT2D eigenvalue weighted by atomic mass is 19.1. The van der Waals surface area contributed by atoms with Crippen molar-refractivity contribution in [2.75, 3.05) is 35.8 Å². The molecule has 0 radical (unpaired) electrons. The van der Waals surface area contributed by atoms with Gasteiger partial charge in [0.15, 0.2) is 0 Å². The molecule has 6 nitrogen and oxygen atoms in total. The fourth-order valence-electron chi connectivity index (χ4n) is 3.66. The second kappa shape index (κ2) is 9.16. The molecule has 3 aromatic carbocycles. The van der Waals surface area contributed by atoms with Crippen LogP contribution in [0.3, 0.4) is 0 Å². The number of amides is 2. The number of imide groups is 1. The highest BCUT2D eigenvalue weighted by Crippen LogP contribution is 2.36. The molecule has 1 heterocycles. The zero-order valence-electron chi connectivity index (χ0n) is 18.6. The summed E-state index contributed by atoms with van der Waals surface area (Å²) < 4.78 is 19.2. The first-order valence-electron chi connectivity index (χ1n) is 10.6. The highest BCUT2D eigenvalue weighted by Gasteiger charge is 2.40. The van der Waals surface area contributed by atoms with Gasteiger partial charge < -0.3 is 15.0 Å². The number of hydrogen-bond acceptors (Lipinski definition) is 5. The van der Waals surface area contributed by atoms with Crippen molar-refractivity contribution in [1.29, 1.82) is 0 Å². The summed E-state index contributed by atoms with van der Waals surface area (Å²) >= 11 is 0. The SMILES string of the molecule is CCOc1ccccc1NC1=C(c2ccc(F)cc2)C(=O)N(c2cccc(N(C)C)c2)C1=O. The first-order valence-corrected chi connectivity index (χ1v) is 10.6. The Hall–Kier alpha value is -4.13. The first-order chi connectivity index (χ1) is 15.9. The predicted molar refractivity (Wildman–Crippen MR) is 128 cm³/mol. The van der Waals surface area contributed by atoms with Crippen molar-refractivity contribution in [3.8, 4) is 5.75 Å². The molecule has 0 bridgehead atoms. The molecule has 3 aromatic rings. The number of halogens is 1. The largest absolute Gasteiger partial charge is 0.492 e. The quantitative estimate of drug-likeness (QED) is 0.535. The maximum Gasteiger partial charge on any atom is 0.282 e. The lowest BCUT2D eigenvalue weighted by Gasteiger charge is -2.19. The van der Waals surface area contributed by atoms with Crippen LogP contribution in [0.2, 0.25) is 0 Å². The Kier molecular flexibility index (Phi) is 6.13. The fraction of sp³-hybridized carbons (Fsp3) is 0.154. The van der Waals surface area contributed by atoms with E-state index in [9.17, 15) is 14.0 Å². The molecule has 1 N–H and O–H groups in total. The van der Waals surface area contributed by atoms with Gasteiger partial charge in [-0.1, -0.05) is 30.3 Å². The van der Waals surface area contributed by atoms with Gasteiger partial charge in [-0.2, -0.15) is 0 Å². The van der Waals surface area contributed by atoms with Crippen LogP contribution in [0.5, 0.6) is 5.75 Å². The number of carbonyl (C=O) groups is 2. The lowest BCUT2D eigenvalue weighted by atomic mass is 10.0. The zero-order valence-corrected chi connectivity index (χ0v) is 18.6. The van der Waals surface area contributed by atoms with Gasteiger partial charge in [0.2, 0.25) is 0 Å². The van der Waals surface area contributed by atoms with E-state index in [4.69, 9.17) is 4.74 Å². The summed E-state index contributed by atoms with van der Waals surface area (Å²) in [6.45, 7) is 2.31. The van der Waals surface area contributed by atoms with Crippen LogP contribution < -0.4 is 19.9 Å². The number of nitrogens with zero attached hydrogens (tertiary/aromatic N) is 2. The predicted octanol–water partition coefficient (Wildman–Crippen LogP) is 4.69. The number of anilines is 3. The molecule has 1 aliphatic rings. The number of para-hydroxylation sites is 2. The number of nitrogens with one attached hydrogen (secondary N) is 1. The van der Waals surface area contributed by atoms with Gasteiger partial charge in [0.1, 0.15) is 17.3 Å². The average Bonchev–Trinajstić information content (AvgIpc) is 3.05. The lowest BCUT2D eigenvalue weighted by molar-refractivity contribution is -0.120. The summed E-state index contributed by atoms with van der Waals surface area (Å²) in [6.07, 6.45) is 0. The van der Waals surface area contributed by atoms with Gasteiger partial charge in [-0.15, -0.1) is 0 Å². The fourth-order valence-corrected chi connectivity index (χ4v) is 3.66. The molecule has 0 fully saturated rings. The molecule has 0 atom stereocenters. The Bertz CT molecular complexity index is 1240. The van der Waals surface area contributed by atoms with Crippen molar-refractivity contribution in [3.05, 3.63) is 89.9 Å². The van der Waals surface area contributed by atoms with Crippen molar-refractivity contribution < 1.29 is 18.7 Å². The van der Waals surface area contributed by atoms with Crippen molar-refractivity contribution >= 4 is 34.4 Å². The third kappa shape index (κ3) is 4.30. The van der Waals surface area contributed by atoms with Gasteiger partial charge >= 0.3 is 0 Å². The van der Waals surface area contributed by atoms with Crippen molar-refractivity contribution in [2.24, 2.45) is 0 Å². The average molecular weight is 445 g/mol. The summed E-state index contributed by atoms with van der Waals surface area (Å²) in [4.78, 5) is 30.2. The first kappa shape index (κ1) is 22.1. The monoisotopic (exact) mass is 445 g/mol. The van der Waals surface area contributed by atoms with Crippen LogP contribution in [0.15, 0.2) is 78.5 Å². The number of hydrogen-bond donors (Lipinski definition) is 1. The van der Waals surface area contributed by atoms with Gasteiger partial charge in [0.25, 0.3) is 11.8 Å². The Balaban J connectivity index is 1.82. The Morgan fingerprint density at radius 1 is 0.939 bits per heavy atom. The van der Waals surface area contributed by atoms with E-state index < -0.39 is 17.6 Å². The van der Waals surface area contributed by atoms with E-state index >= 15 is 0 Å². The Labute approximate surface area is 191 Å². The molecule has 4 rings (SSSR count). The van der Waals surface area contributed by atoms with Crippen LogP contribution in [0.4, 0.5) is 21.5 Å². The topological polar surface area (TPSA) is 61.9 Å². The van der Waals surface area contributed by atoms with Crippen LogP contribution in [0, 0.1) is 5.82 Å². The molecule has 0 unspecified atom stereocenters. The number of rotatable bonds is 7. The van der Waals surface area contributed by atoms with E-state index in [2.05, 4.69) is 5.32 Å². The van der Waals surface area contributed by atoms with Crippen LogP contribution in [0.1, 0.15) is 12.5 Å². The van der Waals surface area contributed by atoms with E-state index in [-0.39, 0.29) is 11.3 Å². The third-order valence-corrected chi connectivity index (χ3v) is 5.27. The molecule has 0 aliphatic carbocycles. The molecule has 2 amide bonds. The van der Waals surface area contributed by atoms with Crippen molar-refractivity contribution in [2.45, 2.75) is 6.92 Å². The minimum Gasteiger partial charge on any atom is -0.492 e. The standard InChI is InChI=1S/C26H24FN3O3/c1-4-33-22-11-6-5-10-21(22)28-24-23(17-12-14-18(27)15-13-17)25(31)30(26(24)32)20-9-7-8-19(16-20)29(2)3/h5-16,28H,4H2,1-3H3. The van der Waals surface area contributed by atoms with Crippen LogP contribution in [0.25, 0.3) is 5.57 Å². The highest BCUT2D eigenvalue weighted by molar-refractivity contribution is 6.46. The number of carbonyl (C=O) groups excluding carboxylic acids is 2. The molecule has 1 aliphatic heterocycles. The molecular weight excluding hydrogens is 421 g/mol. The third-order valence-electron chi connectivity index (χ3n) is 5.27. The summed E-state index contributed by atoms with van der Waals surface area (Å²) in [5.74, 6) is -0.859. The molecule has 0 aromatic heterocycles. The molecule has 0 saturated heterocycles. The minimum absolute atomic E-state index is 0.106. The van der Waals surface area contributed by atoms with Gasteiger partial charge in [-0.25, -0.2) is 9.29 Å². The van der Waals surface area contributed by atoms with E-state index in [1.54, 1.807) is 30.3 Å².